The van der Waals surface area contributed by atoms with Crippen LogP contribution in [0.15, 0.2) is 30.6 Å². The van der Waals surface area contributed by atoms with Crippen molar-refractivity contribution in [2.75, 3.05) is 33.2 Å². The molecule has 8 heteroatoms. The summed E-state index contributed by atoms with van der Waals surface area (Å²) in [6.07, 6.45) is 27.5. The number of amides is 1. The van der Waals surface area contributed by atoms with Crippen LogP contribution in [0.4, 0.5) is 0 Å². The van der Waals surface area contributed by atoms with Gasteiger partial charge in [0.25, 0.3) is 0 Å². The van der Waals surface area contributed by atoms with Gasteiger partial charge in [-0.3, -0.25) is 14.4 Å². The number of aromatic amines is 1. The lowest BCUT2D eigenvalue weighted by Gasteiger charge is -2.30. The predicted octanol–water partition coefficient (Wildman–Crippen LogP) is 7.54. The molecular formula is C38H61N5O3. The first-order valence-corrected chi connectivity index (χ1v) is 17.1. The van der Waals surface area contributed by atoms with Gasteiger partial charge in [-0.05, 0) is 94.4 Å². The predicted molar refractivity (Wildman–Crippen MR) is 193 cm³/mol. The van der Waals surface area contributed by atoms with Crippen molar-refractivity contribution in [2.45, 2.75) is 105 Å². The Bertz CT molecular complexity index is 1160. The third-order valence-corrected chi connectivity index (χ3v) is 8.50. The van der Waals surface area contributed by atoms with Gasteiger partial charge in [0.05, 0.1) is 11.9 Å². The fraction of sp³-hybridized carbons (Fsp3) is 0.579. The molecule has 2 aliphatic rings. The number of aromatic nitrogens is 2. The fourth-order valence-corrected chi connectivity index (χ4v) is 5.11. The molecule has 46 heavy (non-hydrogen) atoms. The highest BCUT2D eigenvalue weighted by Crippen LogP contribution is 2.53. The number of nitrogens with one attached hydrogen (secondary N) is 1. The minimum Gasteiger partial charge on any atom is -0.381 e. The number of terminal acetylenes is 1. The van der Waals surface area contributed by atoms with Gasteiger partial charge in [0.1, 0.15) is 11.6 Å². The highest BCUT2D eigenvalue weighted by atomic mass is 16.1. The lowest BCUT2D eigenvalue weighted by molar-refractivity contribution is -0.118. The van der Waals surface area contributed by atoms with Crippen molar-refractivity contribution < 1.29 is 14.4 Å². The number of ketones is 1. The van der Waals surface area contributed by atoms with E-state index in [-0.39, 0.29) is 6.41 Å². The number of unbranched alkanes of at least 4 members (excludes halogenated alkanes) is 3. The molecule has 3 N–H and O–H groups in total. The number of piperidine rings is 1. The van der Waals surface area contributed by atoms with E-state index in [2.05, 4.69) is 52.2 Å². The van der Waals surface area contributed by atoms with Crippen LogP contribution in [0, 0.1) is 18.3 Å². The van der Waals surface area contributed by atoms with Crippen LogP contribution in [-0.2, 0) is 16.0 Å². The van der Waals surface area contributed by atoms with Gasteiger partial charge >= 0.3 is 0 Å². The molecule has 1 aromatic carbocycles. The number of nitrogens with zero attached hydrogens (tertiary/aromatic N) is 3. The Morgan fingerprint density at radius 2 is 1.65 bits per heavy atom. The number of imidazole rings is 1. The second kappa shape index (κ2) is 25.5. The molecule has 1 spiro atoms. The molecule has 2 aromatic rings. The van der Waals surface area contributed by atoms with E-state index in [1.54, 1.807) is 0 Å². The van der Waals surface area contributed by atoms with Crippen molar-refractivity contribution in [3.63, 3.8) is 0 Å². The van der Waals surface area contributed by atoms with Gasteiger partial charge in [-0.25, -0.2) is 4.98 Å². The molecule has 4 rings (SSSR count). The second-order valence-corrected chi connectivity index (χ2v) is 11.5. The first-order chi connectivity index (χ1) is 22.3. The van der Waals surface area contributed by atoms with Crippen molar-refractivity contribution in [3.8, 4) is 24.1 Å². The van der Waals surface area contributed by atoms with Crippen LogP contribution in [-0.4, -0.2) is 71.5 Å². The number of hydrogen-bond donors (Lipinski definition) is 2. The lowest BCUT2D eigenvalue weighted by Crippen LogP contribution is -2.34. The lowest BCUT2D eigenvalue weighted by atomic mass is 9.94. The number of aldehydes is 1. The van der Waals surface area contributed by atoms with Gasteiger partial charge in [0.2, 0.25) is 6.41 Å². The summed E-state index contributed by atoms with van der Waals surface area (Å²) in [5, 5.41) is 0. The number of nitrogens with two attached hydrogens (primary N) is 1. The highest BCUT2D eigenvalue weighted by Gasteiger charge is 2.43. The molecule has 0 bridgehead atoms. The molecule has 0 unspecified atom stereocenters. The summed E-state index contributed by atoms with van der Waals surface area (Å²) in [5.74, 6) is 1.34. The Labute approximate surface area is 279 Å². The van der Waals surface area contributed by atoms with Gasteiger partial charge in [-0.15, -0.1) is 12.8 Å². The van der Waals surface area contributed by atoms with Gasteiger partial charge in [0, 0.05) is 44.0 Å². The molecule has 0 atom stereocenters. The maximum atomic E-state index is 11.4. The zero-order chi connectivity index (χ0) is 34.8. The summed E-state index contributed by atoms with van der Waals surface area (Å²) < 4.78 is 0. The van der Waals surface area contributed by atoms with Gasteiger partial charge in [0.15, 0.2) is 6.29 Å². The smallest absolute Gasteiger partial charge is 0.204 e. The van der Waals surface area contributed by atoms with Crippen molar-refractivity contribution in [1.29, 1.82) is 0 Å². The molecular weight excluding hydrogens is 574 g/mol. The van der Waals surface area contributed by atoms with E-state index < -0.39 is 0 Å². The zero-order valence-corrected chi connectivity index (χ0v) is 29.5. The van der Waals surface area contributed by atoms with E-state index in [0.29, 0.717) is 24.2 Å². The van der Waals surface area contributed by atoms with E-state index in [0.717, 1.165) is 73.0 Å². The Kier molecular flexibility index (Phi) is 23.4. The summed E-state index contributed by atoms with van der Waals surface area (Å²) in [5.41, 5.74) is 8.59. The van der Waals surface area contributed by atoms with Crippen LogP contribution in [0.5, 0.6) is 0 Å². The molecule has 256 valence electrons. The standard InChI is InChI=1S/C24H33N3O2.C9H17N.C2H6.C2H2.CH3NO/c1-4-22(29)10-8-6-7-9-11-24-25-17-23(26-24)20-12-13-21(18-28)19(16-20)14-15-27(3)5-2;1-2-10-7-5-9(3-4-9)6-8-10;2*1-2;2-1-3/h12-18H,4-11H2,1-3H3,(H,25,26);2-8H2,1H3;1-2H3;1-2H;1H,(H2,2,3)/b15-14-;;;;. The number of Topliss-reactive ketones (excluding diaryl/α,β-unsaturated/α-hetero) is 1. The molecule has 8 nitrogen and oxygen atoms in total. The monoisotopic (exact) mass is 635 g/mol. The Morgan fingerprint density at radius 1 is 1.02 bits per heavy atom. The fourth-order valence-electron chi connectivity index (χ4n) is 5.11. The number of primary amides is 1. The normalized spacial score (nSPS) is 14.2. The third-order valence-electron chi connectivity index (χ3n) is 8.50. The average molecular weight is 636 g/mol. The summed E-state index contributed by atoms with van der Waals surface area (Å²) in [6.45, 7) is 15.2. The Balaban J connectivity index is 0.000000973. The van der Waals surface area contributed by atoms with E-state index in [4.69, 9.17) is 4.79 Å². The van der Waals surface area contributed by atoms with Crippen LogP contribution in [0.25, 0.3) is 17.3 Å². The number of H-pyrrole nitrogens is 1. The molecule has 2 heterocycles. The van der Waals surface area contributed by atoms with E-state index in [1.165, 1.54) is 45.3 Å². The minimum absolute atomic E-state index is 0.250. The molecule has 1 aliphatic carbocycles. The number of aryl methyl sites for hydroxylation is 1. The Hall–Kier alpha value is -3.70. The first-order valence-electron chi connectivity index (χ1n) is 17.1. The largest absolute Gasteiger partial charge is 0.381 e. The van der Waals surface area contributed by atoms with Crippen molar-refractivity contribution >= 4 is 24.6 Å². The number of rotatable bonds is 14. The second-order valence-electron chi connectivity index (χ2n) is 11.5. The highest BCUT2D eigenvalue weighted by molar-refractivity contribution is 5.84. The SMILES string of the molecule is C#C.CC.CCC(=O)CCCCCCc1ncc(-c2ccc(C=O)c(/C=C\N(C)CC)c2)[nH]1.CCN1CCC2(CC1)CC2.NC=O. The summed E-state index contributed by atoms with van der Waals surface area (Å²) in [6, 6.07) is 5.82. The van der Waals surface area contributed by atoms with Crippen molar-refractivity contribution in [1.82, 2.24) is 19.8 Å². The van der Waals surface area contributed by atoms with Crippen LogP contribution in [0.1, 0.15) is 121 Å². The molecule has 1 amide bonds. The van der Waals surface area contributed by atoms with Crippen LogP contribution in [0.2, 0.25) is 0 Å². The maximum Gasteiger partial charge on any atom is 0.204 e. The average Bonchev–Trinajstić information content (AvgIpc) is 3.69. The van der Waals surface area contributed by atoms with Gasteiger partial charge in [-0.1, -0.05) is 52.7 Å². The van der Waals surface area contributed by atoms with Crippen LogP contribution in [0.3, 0.4) is 0 Å². The van der Waals surface area contributed by atoms with E-state index in [1.807, 2.05) is 64.5 Å². The van der Waals surface area contributed by atoms with Gasteiger partial charge in [-0.2, -0.15) is 0 Å². The quantitative estimate of drug-likeness (QED) is 0.126. The molecule has 1 aromatic heterocycles. The summed E-state index contributed by atoms with van der Waals surface area (Å²) in [4.78, 5) is 43.8. The number of hydrogen-bond acceptors (Lipinski definition) is 6. The topological polar surface area (TPSA) is 112 Å². The van der Waals surface area contributed by atoms with E-state index in [9.17, 15) is 9.59 Å². The summed E-state index contributed by atoms with van der Waals surface area (Å²) in [7, 11) is 2.00. The number of likely N-dealkylation sites (tertiary alicyclic amines) is 1. The number of carbonyl (C=O) groups excluding carboxylic acids is 3. The Morgan fingerprint density at radius 3 is 2.20 bits per heavy atom. The third kappa shape index (κ3) is 16.6. The molecule has 1 saturated carbocycles. The number of benzene rings is 1. The van der Waals surface area contributed by atoms with Gasteiger partial charge < -0.3 is 20.5 Å². The minimum atomic E-state index is 0.250. The van der Waals surface area contributed by atoms with Crippen molar-refractivity contribution in [2.24, 2.45) is 11.1 Å². The number of carbonyl (C=O) groups is 3. The zero-order valence-electron chi connectivity index (χ0n) is 29.5. The van der Waals surface area contributed by atoms with Crippen LogP contribution >= 0.6 is 0 Å². The first kappa shape index (κ1) is 42.3. The van der Waals surface area contributed by atoms with E-state index >= 15 is 0 Å². The van der Waals surface area contributed by atoms with Crippen LogP contribution < -0.4 is 5.73 Å². The van der Waals surface area contributed by atoms with Crippen molar-refractivity contribution in [3.05, 3.63) is 47.5 Å². The molecule has 1 aliphatic heterocycles. The molecule has 0 radical (unpaired) electrons. The molecule has 1 saturated heterocycles. The maximum absolute atomic E-state index is 11.4. The molecule has 2 fully saturated rings. The summed E-state index contributed by atoms with van der Waals surface area (Å²) >= 11 is 0.